The van der Waals surface area contributed by atoms with Crippen LogP contribution < -0.4 is 0 Å². The minimum Gasteiger partial charge on any atom is -0.389 e. The SMILES string of the molecule is CC1CC(C(C)(C)CC(C)(C)C)C=CC1O. The first kappa shape index (κ1) is 13.8. The van der Waals surface area contributed by atoms with E-state index in [9.17, 15) is 5.11 Å². The molecular weight excluding hydrogens is 196 g/mol. The Labute approximate surface area is 101 Å². The Bertz CT molecular complexity index is 257. The van der Waals surface area contributed by atoms with Crippen LogP contribution >= 0.6 is 0 Å². The third-order valence-electron chi connectivity index (χ3n) is 3.74. The molecule has 0 fully saturated rings. The number of allylic oxidation sites excluding steroid dienone is 1. The number of aliphatic hydroxyl groups excluding tert-OH is 1. The van der Waals surface area contributed by atoms with Gasteiger partial charge in [0.15, 0.2) is 0 Å². The second kappa shape index (κ2) is 4.52. The Kier molecular flexibility index (Phi) is 3.89. The fourth-order valence-corrected chi connectivity index (χ4v) is 3.13. The zero-order valence-electron chi connectivity index (χ0n) is 11.7. The van der Waals surface area contributed by atoms with Gasteiger partial charge >= 0.3 is 0 Å². The molecule has 16 heavy (non-hydrogen) atoms. The van der Waals surface area contributed by atoms with E-state index in [1.54, 1.807) is 0 Å². The van der Waals surface area contributed by atoms with Crippen LogP contribution in [0.1, 0.15) is 54.4 Å². The molecule has 1 nitrogen and oxygen atoms in total. The molecule has 3 unspecified atom stereocenters. The van der Waals surface area contributed by atoms with Gasteiger partial charge in [-0.3, -0.25) is 0 Å². The van der Waals surface area contributed by atoms with Crippen LogP contribution in [0.5, 0.6) is 0 Å². The molecule has 0 aromatic rings. The van der Waals surface area contributed by atoms with Gasteiger partial charge in [-0.05, 0) is 35.5 Å². The molecule has 1 N–H and O–H groups in total. The Balaban J connectivity index is 2.73. The van der Waals surface area contributed by atoms with Crippen LogP contribution in [-0.2, 0) is 0 Å². The van der Waals surface area contributed by atoms with Crippen molar-refractivity contribution in [1.82, 2.24) is 0 Å². The monoisotopic (exact) mass is 224 g/mol. The maximum Gasteiger partial charge on any atom is 0.0746 e. The molecule has 0 heterocycles. The van der Waals surface area contributed by atoms with Gasteiger partial charge in [-0.1, -0.05) is 53.7 Å². The van der Waals surface area contributed by atoms with Crippen molar-refractivity contribution in [2.24, 2.45) is 22.7 Å². The van der Waals surface area contributed by atoms with Gasteiger partial charge in [-0.2, -0.15) is 0 Å². The molecule has 0 saturated heterocycles. The molecule has 0 aromatic carbocycles. The van der Waals surface area contributed by atoms with E-state index in [1.807, 2.05) is 6.08 Å². The first-order chi connectivity index (χ1) is 7.12. The van der Waals surface area contributed by atoms with Crippen molar-refractivity contribution in [1.29, 1.82) is 0 Å². The van der Waals surface area contributed by atoms with Gasteiger partial charge in [0.25, 0.3) is 0 Å². The van der Waals surface area contributed by atoms with E-state index in [2.05, 4.69) is 47.6 Å². The molecule has 1 heteroatoms. The Hall–Kier alpha value is -0.300. The minimum absolute atomic E-state index is 0.235. The van der Waals surface area contributed by atoms with Crippen LogP contribution in [0.4, 0.5) is 0 Å². The molecule has 0 saturated carbocycles. The molecule has 94 valence electrons. The second-order valence-corrected chi connectivity index (χ2v) is 7.42. The van der Waals surface area contributed by atoms with Crippen LogP contribution in [0.25, 0.3) is 0 Å². The predicted octanol–water partition coefficient (Wildman–Crippen LogP) is 4.02. The zero-order valence-corrected chi connectivity index (χ0v) is 11.7. The predicted molar refractivity (Wildman–Crippen MR) is 70.3 cm³/mol. The summed E-state index contributed by atoms with van der Waals surface area (Å²) >= 11 is 0. The Morgan fingerprint density at radius 1 is 1.12 bits per heavy atom. The van der Waals surface area contributed by atoms with E-state index >= 15 is 0 Å². The molecule has 0 spiro atoms. The van der Waals surface area contributed by atoms with Crippen LogP contribution in [0, 0.1) is 22.7 Å². The topological polar surface area (TPSA) is 20.2 Å². The smallest absolute Gasteiger partial charge is 0.0746 e. The van der Waals surface area contributed by atoms with Gasteiger partial charge in [0.1, 0.15) is 0 Å². The standard InChI is InChI=1S/C15H28O/c1-11-9-12(7-8-13(11)16)15(5,6)10-14(2,3)4/h7-8,11-13,16H,9-10H2,1-6H3. The highest BCUT2D eigenvalue weighted by Crippen LogP contribution is 2.44. The number of aliphatic hydroxyl groups is 1. The van der Waals surface area contributed by atoms with Crippen molar-refractivity contribution in [2.75, 3.05) is 0 Å². The lowest BCUT2D eigenvalue weighted by Crippen LogP contribution is -2.33. The maximum atomic E-state index is 9.71. The van der Waals surface area contributed by atoms with Gasteiger partial charge in [0, 0.05) is 0 Å². The minimum atomic E-state index is -0.235. The van der Waals surface area contributed by atoms with Crippen molar-refractivity contribution >= 4 is 0 Å². The van der Waals surface area contributed by atoms with E-state index in [4.69, 9.17) is 0 Å². The van der Waals surface area contributed by atoms with E-state index in [1.165, 1.54) is 6.42 Å². The molecule has 1 rings (SSSR count). The summed E-state index contributed by atoms with van der Waals surface area (Å²) in [4.78, 5) is 0. The molecule has 0 aliphatic heterocycles. The summed E-state index contributed by atoms with van der Waals surface area (Å²) in [5.74, 6) is 0.999. The highest BCUT2D eigenvalue weighted by atomic mass is 16.3. The van der Waals surface area contributed by atoms with E-state index in [0.717, 1.165) is 6.42 Å². The van der Waals surface area contributed by atoms with Crippen LogP contribution in [0.2, 0.25) is 0 Å². The molecular formula is C15H28O. The summed E-state index contributed by atoms with van der Waals surface area (Å²) in [6.07, 6.45) is 6.32. The van der Waals surface area contributed by atoms with Crippen LogP contribution in [0.15, 0.2) is 12.2 Å². The van der Waals surface area contributed by atoms with Crippen molar-refractivity contribution in [3.63, 3.8) is 0 Å². The quantitative estimate of drug-likeness (QED) is 0.702. The number of hydrogen-bond donors (Lipinski definition) is 1. The van der Waals surface area contributed by atoms with Crippen LogP contribution in [0.3, 0.4) is 0 Å². The molecule has 0 aromatic heterocycles. The second-order valence-electron chi connectivity index (χ2n) is 7.42. The van der Waals surface area contributed by atoms with E-state index < -0.39 is 0 Å². The van der Waals surface area contributed by atoms with Gasteiger partial charge in [-0.25, -0.2) is 0 Å². The maximum absolute atomic E-state index is 9.71. The first-order valence-electron chi connectivity index (χ1n) is 6.48. The Morgan fingerprint density at radius 3 is 2.12 bits per heavy atom. The summed E-state index contributed by atoms with van der Waals surface area (Å²) in [5.41, 5.74) is 0.694. The fraction of sp³-hybridized carbons (Fsp3) is 0.867. The molecule has 0 bridgehead atoms. The van der Waals surface area contributed by atoms with Gasteiger partial charge in [-0.15, -0.1) is 0 Å². The summed E-state index contributed by atoms with van der Waals surface area (Å²) in [6, 6.07) is 0. The van der Waals surface area contributed by atoms with Crippen molar-refractivity contribution in [2.45, 2.75) is 60.5 Å². The lowest BCUT2D eigenvalue weighted by atomic mass is 9.65. The summed E-state index contributed by atoms with van der Waals surface area (Å²) < 4.78 is 0. The van der Waals surface area contributed by atoms with Gasteiger partial charge in [0.2, 0.25) is 0 Å². The van der Waals surface area contributed by atoms with E-state index in [0.29, 0.717) is 22.7 Å². The van der Waals surface area contributed by atoms with Crippen molar-refractivity contribution in [3.05, 3.63) is 12.2 Å². The van der Waals surface area contributed by atoms with E-state index in [-0.39, 0.29) is 6.10 Å². The molecule has 1 aliphatic carbocycles. The first-order valence-corrected chi connectivity index (χ1v) is 6.48. The average Bonchev–Trinajstić information content (AvgIpc) is 2.05. The summed E-state index contributed by atoms with van der Waals surface area (Å²) in [5, 5.41) is 9.71. The van der Waals surface area contributed by atoms with Crippen LogP contribution in [-0.4, -0.2) is 11.2 Å². The normalized spacial score (nSPS) is 31.8. The average molecular weight is 224 g/mol. The summed E-state index contributed by atoms with van der Waals surface area (Å²) in [6.45, 7) is 13.8. The van der Waals surface area contributed by atoms with Gasteiger partial charge in [0.05, 0.1) is 6.10 Å². The number of rotatable bonds is 2. The number of hydrogen-bond acceptors (Lipinski definition) is 1. The molecule has 0 amide bonds. The van der Waals surface area contributed by atoms with Crippen molar-refractivity contribution < 1.29 is 5.11 Å². The molecule has 1 aliphatic rings. The highest BCUT2D eigenvalue weighted by molar-refractivity contribution is 5.05. The Morgan fingerprint density at radius 2 is 1.69 bits per heavy atom. The lowest BCUT2D eigenvalue weighted by Gasteiger charge is -2.41. The fourth-order valence-electron chi connectivity index (χ4n) is 3.13. The largest absolute Gasteiger partial charge is 0.389 e. The highest BCUT2D eigenvalue weighted by Gasteiger charge is 2.35. The lowest BCUT2D eigenvalue weighted by molar-refractivity contribution is 0.0882. The molecule has 3 atom stereocenters. The third kappa shape index (κ3) is 3.62. The molecule has 0 radical (unpaired) electrons. The third-order valence-corrected chi connectivity index (χ3v) is 3.74. The van der Waals surface area contributed by atoms with Gasteiger partial charge < -0.3 is 5.11 Å². The van der Waals surface area contributed by atoms with Crippen molar-refractivity contribution in [3.8, 4) is 0 Å². The zero-order chi connectivity index (χ0) is 12.6. The summed E-state index contributed by atoms with van der Waals surface area (Å²) in [7, 11) is 0.